The van der Waals surface area contributed by atoms with Gasteiger partial charge in [0.15, 0.2) is 0 Å². The van der Waals surface area contributed by atoms with Gasteiger partial charge in [-0.05, 0) is 41.5 Å². The average Bonchev–Trinajstić information content (AvgIpc) is 2.13. The molecule has 0 spiro atoms. The summed E-state index contributed by atoms with van der Waals surface area (Å²) in [6.07, 6.45) is 0.655. The van der Waals surface area contributed by atoms with E-state index in [-0.39, 0.29) is 36.5 Å². The van der Waals surface area contributed by atoms with E-state index >= 15 is 0 Å². The van der Waals surface area contributed by atoms with E-state index in [1.807, 2.05) is 27.7 Å². The van der Waals surface area contributed by atoms with Gasteiger partial charge in [0, 0.05) is 0 Å². The Morgan fingerprint density at radius 1 is 0.944 bits per heavy atom. The van der Waals surface area contributed by atoms with E-state index in [9.17, 15) is 9.59 Å². The molecule has 0 N–H and O–H groups in total. The standard InChI is InChI=1S/C8H17O2.C5H8O2.Al.2H/c1-6(2)9-8(5)10-7(3)4;1-4(6)3-5(2)7;;;/h6-8H,5H2,1-4H3;3H2,1-2H3;;;. The topological polar surface area (TPSA) is 52.6 Å². The van der Waals surface area contributed by atoms with Gasteiger partial charge in [0.05, 0.1) is 18.6 Å². The van der Waals surface area contributed by atoms with Crippen LogP contribution in [-0.4, -0.2) is 46.4 Å². The predicted molar refractivity (Wildman–Crippen MR) is 75.6 cm³/mol. The van der Waals surface area contributed by atoms with Crippen LogP contribution in [0.25, 0.3) is 0 Å². The SMILES string of the molecule is CC(=O)CC(C)=O.CC(C)OC([CH2][AlH2])OC(C)C. The van der Waals surface area contributed by atoms with Crippen LogP contribution < -0.4 is 0 Å². The van der Waals surface area contributed by atoms with Crippen molar-refractivity contribution in [2.45, 2.75) is 71.7 Å². The fourth-order valence-electron chi connectivity index (χ4n) is 1.18. The van der Waals surface area contributed by atoms with E-state index in [0.29, 0.717) is 0 Å². The van der Waals surface area contributed by atoms with Crippen molar-refractivity contribution in [3.05, 3.63) is 0 Å². The number of ether oxygens (including phenoxy) is 2. The minimum absolute atomic E-state index is 0.0293. The molecule has 0 bridgehead atoms. The van der Waals surface area contributed by atoms with Gasteiger partial charge in [-0.15, -0.1) is 0 Å². The van der Waals surface area contributed by atoms with Crippen LogP contribution in [-0.2, 0) is 19.1 Å². The summed E-state index contributed by atoms with van der Waals surface area (Å²) in [5, 5.41) is 1.05. The van der Waals surface area contributed by atoms with Crippen molar-refractivity contribution < 1.29 is 19.1 Å². The highest BCUT2D eigenvalue weighted by Crippen LogP contribution is 2.06. The van der Waals surface area contributed by atoms with Crippen molar-refractivity contribution in [1.29, 1.82) is 0 Å². The first-order chi connectivity index (χ1) is 8.18. The highest BCUT2D eigenvalue weighted by atomic mass is 27.0. The van der Waals surface area contributed by atoms with Gasteiger partial charge in [-0.25, -0.2) is 0 Å². The zero-order valence-corrected chi connectivity index (χ0v) is 14.8. The molecule has 0 radical (unpaired) electrons. The highest BCUT2D eigenvalue weighted by Gasteiger charge is 2.09. The van der Waals surface area contributed by atoms with Crippen molar-refractivity contribution in [3.63, 3.8) is 0 Å². The minimum Gasteiger partial charge on any atom is -0.351 e. The fraction of sp³-hybridized carbons (Fsp3) is 0.846. The molecule has 0 rings (SSSR count). The minimum atomic E-state index is -0.0625. The molecule has 0 fully saturated rings. The molecule has 0 aliphatic carbocycles. The van der Waals surface area contributed by atoms with E-state index in [1.165, 1.54) is 13.8 Å². The fourth-order valence-corrected chi connectivity index (χ4v) is 1.57. The van der Waals surface area contributed by atoms with E-state index in [4.69, 9.17) is 9.47 Å². The normalized spacial score (nSPS) is 10.5. The number of ketones is 2. The summed E-state index contributed by atoms with van der Waals surface area (Å²) < 4.78 is 11.0. The van der Waals surface area contributed by atoms with Crippen LogP contribution in [0.3, 0.4) is 0 Å². The zero-order chi connectivity index (χ0) is 14.7. The Bertz CT molecular complexity index is 217. The molecule has 0 saturated carbocycles. The smallest absolute Gasteiger partial charge is 0.219 e. The first kappa shape index (κ1) is 20.1. The summed E-state index contributed by atoms with van der Waals surface area (Å²) >= 11 is 1.13. The quantitative estimate of drug-likeness (QED) is 0.403. The summed E-state index contributed by atoms with van der Waals surface area (Å²) in [6.45, 7) is 11.0. The molecule has 0 aromatic heterocycles. The predicted octanol–water partition coefficient (Wildman–Crippen LogP) is 1.77. The molecular weight excluding hydrogens is 247 g/mol. The second-order valence-electron chi connectivity index (χ2n) is 4.79. The summed E-state index contributed by atoms with van der Waals surface area (Å²) in [4.78, 5) is 20.1. The molecule has 5 heteroatoms. The lowest BCUT2D eigenvalue weighted by Crippen LogP contribution is -2.23. The molecule has 18 heavy (non-hydrogen) atoms. The molecule has 0 aliphatic rings. The third kappa shape index (κ3) is 18.2. The van der Waals surface area contributed by atoms with Crippen molar-refractivity contribution >= 4 is 27.9 Å². The molecule has 0 amide bonds. The average molecular weight is 274 g/mol. The lowest BCUT2D eigenvalue weighted by Gasteiger charge is -2.21. The number of carbonyl (C=O) groups is 2. The van der Waals surface area contributed by atoms with Gasteiger partial charge in [-0.2, -0.15) is 0 Å². The lowest BCUT2D eigenvalue weighted by atomic mass is 10.2. The van der Waals surface area contributed by atoms with Gasteiger partial charge in [-0.1, -0.05) is 5.28 Å². The summed E-state index contributed by atoms with van der Waals surface area (Å²) in [5.74, 6) is -0.125. The Balaban J connectivity index is 0. The third-order valence-corrected chi connectivity index (χ3v) is 2.35. The van der Waals surface area contributed by atoms with Crippen LogP contribution in [0.15, 0.2) is 0 Å². The number of hydrogen-bond acceptors (Lipinski definition) is 4. The largest absolute Gasteiger partial charge is 0.351 e. The molecule has 0 aliphatic heterocycles. The van der Waals surface area contributed by atoms with Crippen molar-refractivity contribution in [2.24, 2.45) is 0 Å². The molecule has 106 valence electrons. The van der Waals surface area contributed by atoms with Crippen LogP contribution >= 0.6 is 0 Å². The second kappa shape index (κ2) is 11.9. The van der Waals surface area contributed by atoms with Crippen LogP contribution in [0, 0.1) is 0 Å². The van der Waals surface area contributed by atoms with Crippen molar-refractivity contribution in [2.75, 3.05) is 0 Å². The second-order valence-corrected chi connectivity index (χ2v) is 5.60. The summed E-state index contributed by atoms with van der Waals surface area (Å²) in [5.41, 5.74) is 0. The lowest BCUT2D eigenvalue weighted by molar-refractivity contribution is -0.169. The Morgan fingerprint density at radius 2 is 1.28 bits per heavy atom. The Labute approximate surface area is 119 Å². The first-order valence-electron chi connectivity index (χ1n) is 6.48. The Morgan fingerprint density at radius 3 is 1.39 bits per heavy atom. The maximum absolute atomic E-state index is 10.0. The summed E-state index contributed by atoms with van der Waals surface area (Å²) in [6, 6.07) is 0. The third-order valence-electron chi connectivity index (χ3n) is 1.68. The number of carbonyl (C=O) groups excluding carboxylic acids is 2. The molecule has 0 unspecified atom stereocenters. The van der Waals surface area contributed by atoms with Gasteiger partial charge in [0.2, 0.25) is 16.3 Å². The molecule has 0 aromatic carbocycles. The maximum Gasteiger partial charge on any atom is 0.219 e. The van der Waals surface area contributed by atoms with E-state index in [1.54, 1.807) is 0 Å². The molecule has 0 saturated heterocycles. The Kier molecular flexibility index (Phi) is 13.3. The highest BCUT2D eigenvalue weighted by molar-refractivity contribution is 6.08. The monoisotopic (exact) mass is 274 g/mol. The molecule has 0 atom stereocenters. The number of rotatable bonds is 7. The zero-order valence-electron chi connectivity index (χ0n) is 12.8. The van der Waals surface area contributed by atoms with E-state index in [0.717, 1.165) is 21.6 Å². The number of Topliss-reactive ketones (excluding diaryl/α,β-unsaturated/α-hetero) is 2. The van der Waals surface area contributed by atoms with Crippen LogP contribution in [0.2, 0.25) is 5.28 Å². The van der Waals surface area contributed by atoms with Crippen molar-refractivity contribution in [1.82, 2.24) is 0 Å². The van der Waals surface area contributed by atoms with Gasteiger partial charge in [0.25, 0.3) is 0 Å². The van der Waals surface area contributed by atoms with E-state index < -0.39 is 0 Å². The van der Waals surface area contributed by atoms with Gasteiger partial charge in [-0.3, -0.25) is 9.59 Å². The first-order valence-corrected chi connectivity index (χ1v) is 7.90. The molecule has 0 aromatic rings. The van der Waals surface area contributed by atoms with Crippen LogP contribution in [0.4, 0.5) is 0 Å². The van der Waals surface area contributed by atoms with Gasteiger partial charge >= 0.3 is 0 Å². The van der Waals surface area contributed by atoms with Gasteiger partial charge < -0.3 is 9.47 Å². The Hall–Kier alpha value is -0.208. The molecule has 4 nitrogen and oxygen atoms in total. The molecular formula is C13H27AlO4. The number of hydrogen-bond donors (Lipinski definition) is 0. The maximum atomic E-state index is 10.0. The van der Waals surface area contributed by atoms with Crippen LogP contribution in [0.1, 0.15) is 48.0 Å². The van der Waals surface area contributed by atoms with E-state index in [2.05, 4.69) is 0 Å². The summed E-state index contributed by atoms with van der Waals surface area (Å²) in [7, 11) is 0. The van der Waals surface area contributed by atoms with Crippen molar-refractivity contribution in [3.8, 4) is 0 Å². The van der Waals surface area contributed by atoms with Gasteiger partial charge in [0.1, 0.15) is 17.9 Å². The molecule has 0 heterocycles. The van der Waals surface area contributed by atoms with Crippen LogP contribution in [0.5, 0.6) is 0 Å².